The van der Waals surface area contributed by atoms with Crippen LogP contribution in [0.15, 0.2) is 24.4 Å². The number of aromatic nitrogens is 4. The third-order valence-corrected chi connectivity index (χ3v) is 2.64. The number of nitrogens with one attached hydrogen (secondary N) is 2. The van der Waals surface area contributed by atoms with Crippen LogP contribution >= 0.6 is 0 Å². The lowest BCUT2D eigenvalue weighted by atomic mass is 10.1. The summed E-state index contributed by atoms with van der Waals surface area (Å²) in [7, 11) is 0. The third kappa shape index (κ3) is 3.36. The second-order valence-corrected chi connectivity index (χ2v) is 4.08. The summed E-state index contributed by atoms with van der Waals surface area (Å²) >= 11 is 0. The minimum atomic E-state index is -4.43. The Kier molecular flexibility index (Phi) is 3.89. The zero-order valence-corrected chi connectivity index (χ0v) is 10.7. The van der Waals surface area contributed by atoms with Crippen LogP contribution in [0.5, 0.6) is 0 Å². The molecule has 0 aliphatic rings. The van der Waals surface area contributed by atoms with Crippen LogP contribution in [0.4, 0.5) is 18.9 Å². The van der Waals surface area contributed by atoms with E-state index in [-0.39, 0.29) is 17.1 Å². The average molecular weight is 294 g/mol. The Morgan fingerprint density at radius 3 is 2.76 bits per heavy atom. The van der Waals surface area contributed by atoms with E-state index in [2.05, 4.69) is 25.9 Å². The van der Waals surface area contributed by atoms with Crippen molar-refractivity contribution in [2.45, 2.75) is 13.1 Å². The molecular formula is C12H9F3N6. The standard InChI is InChI=1S/C12H9F3N6/c1-7-2-3-9(12(13,14)15)4-10(7)17-6-8(5-16)11-18-20-21-19-11/h2-4,6,17H,1H3,(H,18,19,20,21). The highest BCUT2D eigenvalue weighted by Gasteiger charge is 2.30. The van der Waals surface area contributed by atoms with Gasteiger partial charge in [-0.25, -0.2) is 0 Å². The number of aromatic amines is 1. The molecule has 21 heavy (non-hydrogen) atoms. The Morgan fingerprint density at radius 2 is 2.19 bits per heavy atom. The number of rotatable bonds is 3. The molecule has 9 heteroatoms. The number of hydrogen-bond donors (Lipinski definition) is 2. The van der Waals surface area contributed by atoms with E-state index in [0.717, 1.165) is 12.1 Å². The number of aryl methyl sites for hydroxylation is 1. The maximum atomic E-state index is 12.7. The van der Waals surface area contributed by atoms with Crippen molar-refractivity contribution >= 4 is 11.3 Å². The first kappa shape index (κ1) is 14.5. The molecule has 1 aromatic carbocycles. The van der Waals surface area contributed by atoms with Gasteiger partial charge in [0.2, 0.25) is 5.82 Å². The molecule has 0 fully saturated rings. The molecule has 0 atom stereocenters. The van der Waals surface area contributed by atoms with E-state index in [1.165, 1.54) is 12.3 Å². The highest BCUT2D eigenvalue weighted by atomic mass is 19.4. The molecule has 0 aliphatic carbocycles. The van der Waals surface area contributed by atoms with Gasteiger partial charge in [0.05, 0.1) is 5.56 Å². The maximum absolute atomic E-state index is 12.7. The van der Waals surface area contributed by atoms with Crippen LogP contribution in [0, 0.1) is 18.3 Å². The Morgan fingerprint density at radius 1 is 1.43 bits per heavy atom. The van der Waals surface area contributed by atoms with E-state index < -0.39 is 11.7 Å². The molecule has 1 aromatic heterocycles. The van der Waals surface area contributed by atoms with E-state index in [1.54, 1.807) is 6.92 Å². The topological polar surface area (TPSA) is 90.3 Å². The van der Waals surface area contributed by atoms with Crippen LogP contribution in [0.3, 0.4) is 0 Å². The van der Waals surface area contributed by atoms with Gasteiger partial charge in [-0.1, -0.05) is 6.07 Å². The molecule has 0 aliphatic heterocycles. The normalized spacial score (nSPS) is 12.0. The Hall–Kier alpha value is -2.89. The van der Waals surface area contributed by atoms with Crippen molar-refractivity contribution < 1.29 is 13.2 Å². The zero-order chi connectivity index (χ0) is 15.5. The summed E-state index contributed by atoms with van der Waals surface area (Å²) in [5, 5.41) is 24.4. The molecular weight excluding hydrogens is 285 g/mol. The molecule has 1 heterocycles. The van der Waals surface area contributed by atoms with Crippen molar-refractivity contribution in [1.29, 1.82) is 5.26 Å². The maximum Gasteiger partial charge on any atom is 0.416 e. The van der Waals surface area contributed by atoms with Gasteiger partial charge in [0.25, 0.3) is 0 Å². The molecule has 6 nitrogen and oxygen atoms in total. The number of hydrogen-bond acceptors (Lipinski definition) is 5. The SMILES string of the molecule is Cc1ccc(C(F)(F)F)cc1NC=C(C#N)c1nn[nH]n1. The molecule has 0 amide bonds. The highest BCUT2D eigenvalue weighted by molar-refractivity contribution is 5.74. The fraction of sp³-hybridized carbons (Fsp3) is 0.167. The number of halogens is 3. The number of anilines is 1. The van der Waals surface area contributed by atoms with Crippen LogP contribution in [0.25, 0.3) is 5.57 Å². The second-order valence-electron chi connectivity index (χ2n) is 4.08. The summed E-state index contributed by atoms with van der Waals surface area (Å²) in [6.07, 6.45) is -3.20. The van der Waals surface area contributed by atoms with Gasteiger partial charge in [0.1, 0.15) is 11.6 Å². The molecule has 0 unspecified atom stereocenters. The summed E-state index contributed by atoms with van der Waals surface area (Å²) in [5.74, 6) is 0.0506. The number of benzene rings is 1. The number of nitrogens with zero attached hydrogens (tertiary/aromatic N) is 4. The van der Waals surface area contributed by atoms with E-state index in [4.69, 9.17) is 5.26 Å². The van der Waals surface area contributed by atoms with Gasteiger partial charge in [0.15, 0.2) is 0 Å². The van der Waals surface area contributed by atoms with Crippen LogP contribution < -0.4 is 5.32 Å². The summed E-state index contributed by atoms with van der Waals surface area (Å²) in [6, 6.07) is 5.14. The summed E-state index contributed by atoms with van der Waals surface area (Å²) in [6.45, 7) is 1.65. The Bertz CT molecular complexity index is 697. The quantitative estimate of drug-likeness (QED) is 0.849. The van der Waals surface area contributed by atoms with Gasteiger partial charge in [-0.05, 0) is 29.8 Å². The molecule has 0 radical (unpaired) electrons. The predicted octanol–water partition coefficient (Wildman–Crippen LogP) is 2.50. The minimum Gasteiger partial charge on any atom is -0.360 e. The van der Waals surface area contributed by atoms with E-state index in [0.29, 0.717) is 5.56 Å². The minimum absolute atomic E-state index is 0.0422. The summed E-state index contributed by atoms with van der Waals surface area (Å²) in [4.78, 5) is 0. The lowest BCUT2D eigenvalue weighted by Crippen LogP contribution is -2.06. The summed E-state index contributed by atoms with van der Waals surface area (Å²) in [5.41, 5.74) is 0.105. The van der Waals surface area contributed by atoms with Crippen LogP contribution in [-0.2, 0) is 6.18 Å². The molecule has 2 aromatic rings. The fourth-order valence-electron chi connectivity index (χ4n) is 1.53. The van der Waals surface area contributed by atoms with Gasteiger partial charge in [-0.2, -0.15) is 23.6 Å². The van der Waals surface area contributed by atoms with Crippen molar-refractivity contribution in [3.05, 3.63) is 41.4 Å². The van der Waals surface area contributed by atoms with E-state index in [9.17, 15) is 13.2 Å². The second kappa shape index (κ2) is 5.62. The van der Waals surface area contributed by atoms with Crippen molar-refractivity contribution in [3.63, 3.8) is 0 Å². The number of allylic oxidation sites excluding steroid dienone is 1. The molecule has 0 saturated carbocycles. The van der Waals surface area contributed by atoms with Crippen LogP contribution in [-0.4, -0.2) is 20.6 Å². The first-order valence-corrected chi connectivity index (χ1v) is 5.70. The largest absolute Gasteiger partial charge is 0.416 e. The van der Waals surface area contributed by atoms with E-state index >= 15 is 0 Å². The van der Waals surface area contributed by atoms with Gasteiger partial charge in [0, 0.05) is 11.9 Å². The predicted molar refractivity (Wildman–Crippen MR) is 67.6 cm³/mol. The first-order valence-electron chi connectivity index (χ1n) is 5.70. The molecule has 108 valence electrons. The van der Waals surface area contributed by atoms with Crippen LogP contribution in [0.1, 0.15) is 17.0 Å². The molecule has 2 rings (SSSR count). The third-order valence-electron chi connectivity index (χ3n) is 2.64. The van der Waals surface area contributed by atoms with E-state index in [1.807, 2.05) is 6.07 Å². The lowest BCUT2D eigenvalue weighted by Gasteiger charge is -2.11. The van der Waals surface area contributed by atoms with Gasteiger partial charge in [-0.3, -0.25) is 0 Å². The highest BCUT2D eigenvalue weighted by Crippen LogP contribution is 2.32. The molecule has 0 bridgehead atoms. The Balaban J connectivity index is 2.29. The summed E-state index contributed by atoms with van der Waals surface area (Å²) < 4.78 is 38.0. The number of alkyl halides is 3. The molecule has 0 saturated heterocycles. The van der Waals surface area contributed by atoms with Gasteiger partial charge >= 0.3 is 6.18 Å². The van der Waals surface area contributed by atoms with Gasteiger partial charge in [-0.15, -0.1) is 10.2 Å². The lowest BCUT2D eigenvalue weighted by molar-refractivity contribution is -0.137. The number of H-pyrrole nitrogens is 1. The first-order chi connectivity index (χ1) is 9.91. The molecule has 2 N–H and O–H groups in total. The van der Waals surface area contributed by atoms with Crippen molar-refractivity contribution in [2.75, 3.05) is 5.32 Å². The fourth-order valence-corrected chi connectivity index (χ4v) is 1.53. The monoisotopic (exact) mass is 294 g/mol. The van der Waals surface area contributed by atoms with Crippen LogP contribution in [0.2, 0.25) is 0 Å². The number of nitriles is 1. The smallest absolute Gasteiger partial charge is 0.360 e. The Labute approximate surface area is 117 Å². The number of tetrazole rings is 1. The van der Waals surface area contributed by atoms with Crippen molar-refractivity contribution in [1.82, 2.24) is 20.6 Å². The average Bonchev–Trinajstić information content (AvgIpc) is 2.94. The van der Waals surface area contributed by atoms with Crippen molar-refractivity contribution in [3.8, 4) is 6.07 Å². The zero-order valence-electron chi connectivity index (χ0n) is 10.7. The van der Waals surface area contributed by atoms with Gasteiger partial charge < -0.3 is 5.32 Å². The van der Waals surface area contributed by atoms with Crippen molar-refractivity contribution in [2.24, 2.45) is 0 Å². The molecule has 0 spiro atoms.